The van der Waals surface area contributed by atoms with Crippen molar-refractivity contribution in [2.45, 2.75) is 12.2 Å². The minimum atomic E-state index is -4.13. The van der Waals surface area contributed by atoms with Crippen molar-refractivity contribution in [1.29, 1.82) is 0 Å². The first-order valence-corrected chi connectivity index (χ1v) is 10.1. The van der Waals surface area contributed by atoms with Crippen LogP contribution in [0.1, 0.15) is 17.3 Å². The van der Waals surface area contributed by atoms with Crippen LogP contribution < -0.4 is 10.6 Å². The Morgan fingerprint density at radius 2 is 1.69 bits per heavy atom. The van der Waals surface area contributed by atoms with E-state index < -0.39 is 44.4 Å². The maximum absolute atomic E-state index is 12.9. The Morgan fingerprint density at radius 3 is 2.31 bits per heavy atom. The Morgan fingerprint density at radius 1 is 1.03 bits per heavy atom. The molecule has 1 atom stereocenters. The lowest BCUT2D eigenvalue weighted by molar-refractivity contribution is -0.115. The lowest BCUT2D eigenvalue weighted by Gasteiger charge is -2.14. The molecule has 0 saturated carbocycles. The fraction of sp³-hybridized carbons (Fsp3) is 0.211. The Labute approximate surface area is 167 Å². The Hall–Kier alpha value is -3.27. The van der Waals surface area contributed by atoms with Gasteiger partial charge in [0.05, 0.1) is 12.7 Å². The smallest absolute Gasteiger partial charge is 0.337 e. The molecule has 0 saturated heterocycles. The molecular weight excluding hydrogens is 403 g/mol. The summed E-state index contributed by atoms with van der Waals surface area (Å²) in [6, 6.07) is 10.6. The van der Waals surface area contributed by atoms with Crippen molar-refractivity contribution in [3.63, 3.8) is 0 Å². The van der Waals surface area contributed by atoms with E-state index in [1.165, 1.54) is 43.5 Å². The molecule has 2 N–H and O–H groups in total. The van der Waals surface area contributed by atoms with Crippen LogP contribution in [-0.2, 0) is 24.2 Å². The third-order valence-electron chi connectivity index (χ3n) is 3.92. The SMILES string of the molecule is COC(=O)c1cccc(NC(=O)C(C)S(=O)(=O)CC(=O)Nc2ccc(F)cc2)c1. The fourth-order valence-electron chi connectivity index (χ4n) is 2.29. The number of rotatable bonds is 7. The highest BCUT2D eigenvalue weighted by Gasteiger charge is 2.30. The number of ether oxygens (including phenoxy) is 1. The van der Waals surface area contributed by atoms with Crippen LogP contribution in [0.25, 0.3) is 0 Å². The summed E-state index contributed by atoms with van der Waals surface area (Å²) < 4.78 is 42.2. The third-order valence-corrected chi connectivity index (χ3v) is 5.88. The molecule has 0 aliphatic heterocycles. The van der Waals surface area contributed by atoms with E-state index in [9.17, 15) is 27.2 Å². The summed E-state index contributed by atoms with van der Waals surface area (Å²) in [6.45, 7) is 1.15. The molecule has 2 amide bonds. The normalized spacial score (nSPS) is 12.0. The van der Waals surface area contributed by atoms with Crippen LogP contribution >= 0.6 is 0 Å². The molecule has 1 unspecified atom stereocenters. The van der Waals surface area contributed by atoms with Crippen LogP contribution in [0.15, 0.2) is 48.5 Å². The first-order chi connectivity index (χ1) is 13.6. The average molecular weight is 422 g/mol. The van der Waals surface area contributed by atoms with Gasteiger partial charge in [0.15, 0.2) is 9.84 Å². The van der Waals surface area contributed by atoms with Crippen molar-refractivity contribution < 1.29 is 31.9 Å². The van der Waals surface area contributed by atoms with Crippen LogP contribution in [0.3, 0.4) is 0 Å². The minimum Gasteiger partial charge on any atom is -0.465 e. The van der Waals surface area contributed by atoms with Crippen LogP contribution in [0, 0.1) is 5.82 Å². The first-order valence-electron chi connectivity index (χ1n) is 8.38. The predicted octanol–water partition coefficient (Wildman–Crippen LogP) is 1.99. The Balaban J connectivity index is 2.02. The van der Waals surface area contributed by atoms with Crippen LogP contribution in [-0.4, -0.2) is 44.3 Å². The first kappa shape index (κ1) is 22.0. The van der Waals surface area contributed by atoms with Gasteiger partial charge in [0.1, 0.15) is 16.8 Å². The van der Waals surface area contributed by atoms with E-state index in [0.717, 1.165) is 19.1 Å². The second-order valence-electron chi connectivity index (χ2n) is 6.07. The van der Waals surface area contributed by atoms with Crippen molar-refractivity contribution in [2.75, 3.05) is 23.5 Å². The van der Waals surface area contributed by atoms with E-state index in [2.05, 4.69) is 15.4 Å². The van der Waals surface area contributed by atoms with E-state index in [0.29, 0.717) is 0 Å². The van der Waals surface area contributed by atoms with Gasteiger partial charge < -0.3 is 15.4 Å². The average Bonchev–Trinajstić information content (AvgIpc) is 2.68. The summed E-state index contributed by atoms with van der Waals surface area (Å²) >= 11 is 0. The molecule has 0 spiro atoms. The van der Waals surface area contributed by atoms with Gasteiger partial charge in [-0.2, -0.15) is 0 Å². The second-order valence-corrected chi connectivity index (χ2v) is 8.39. The van der Waals surface area contributed by atoms with Gasteiger partial charge in [-0.3, -0.25) is 9.59 Å². The molecule has 2 aromatic rings. The number of halogens is 1. The van der Waals surface area contributed by atoms with Gasteiger partial charge in [-0.05, 0) is 49.4 Å². The monoisotopic (exact) mass is 422 g/mol. The highest BCUT2D eigenvalue weighted by molar-refractivity contribution is 7.93. The number of amides is 2. The third kappa shape index (κ3) is 6.11. The molecule has 154 valence electrons. The van der Waals surface area contributed by atoms with Crippen molar-refractivity contribution in [1.82, 2.24) is 0 Å². The molecule has 2 aromatic carbocycles. The van der Waals surface area contributed by atoms with Crippen LogP contribution in [0.4, 0.5) is 15.8 Å². The molecule has 0 heterocycles. The molecule has 0 aromatic heterocycles. The van der Waals surface area contributed by atoms with Gasteiger partial charge in [0.2, 0.25) is 11.8 Å². The summed E-state index contributed by atoms with van der Waals surface area (Å²) in [5, 5.41) is 3.20. The number of benzene rings is 2. The van der Waals surface area contributed by atoms with Gasteiger partial charge in [0.25, 0.3) is 0 Å². The molecule has 10 heteroatoms. The number of esters is 1. The second kappa shape index (κ2) is 9.28. The summed E-state index contributed by atoms with van der Waals surface area (Å²) in [6.07, 6.45) is 0. The number of carbonyl (C=O) groups excluding carboxylic acids is 3. The highest BCUT2D eigenvalue weighted by atomic mass is 32.2. The Bertz CT molecular complexity index is 1020. The highest BCUT2D eigenvalue weighted by Crippen LogP contribution is 2.14. The summed E-state index contributed by atoms with van der Waals surface area (Å²) in [5.74, 6) is -3.76. The van der Waals surface area contributed by atoms with Crippen molar-refractivity contribution in [2.24, 2.45) is 0 Å². The zero-order valence-electron chi connectivity index (χ0n) is 15.6. The van der Waals surface area contributed by atoms with E-state index in [-0.39, 0.29) is 16.9 Å². The quantitative estimate of drug-likeness (QED) is 0.659. The van der Waals surface area contributed by atoms with Gasteiger partial charge in [-0.1, -0.05) is 6.07 Å². The minimum absolute atomic E-state index is 0.180. The van der Waals surface area contributed by atoms with Crippen LogP contribution in [0.2, 0.25) is 0 Å². The molecule has 0 bridgehead atoms. The van der Waals surface area contributed by atoms with Crippen molar-refractivity contribution in [3.05, 3.63) is 59.9 Å². The molecular formula is C19H19FN2O6S. The number of sulfone groups is 1. The maximum Gasteiger partial charge on any atom is 0.337 e. The van der Waals surface area contributed by atoms with Gasteiger partial charge in [-0.15, -0.1) is 0 Å². The van der Waals surface area contributed by atoms with Gasteiger partial charge in [0, 0.05) is 11.4 Å². The summed E-state index contributed by atoms with van der Waals surface area (Å²) in [7, 11) is -2.92. The molecule has 0 fully saturated rings. The molecule has 0 aliphatic rings. The number of anilines is 2. The maximum atomic E-state index is 12.9. The van der Waals surface area contributed by atoms with E-state index >= 15 is 0 Å². The zero-order valence-corrected chi connectivity index (χ0v) is 16.5. The zero-order chi connectivity index (χ0) is 21.6. The lowest BCUT2D eigenvalue weighted by atomic mass is 10.2. The standard InChI is InChI=1S/C19H19FN2O6S/c1-12(18(24)22-16-5-3-4-13(10-16)19(25)28-2)29(26,27)11-17(23)21-15-8-6-14(20)7-9-15/h3-10,12H,11H2,1-2H3,(H,21,23)(H,22,24). The number of hydrogen-bond acceptors (Lipinski definition) is 6. The molecule has 0 radical (unpaired) electrons. The van der Waals surface area contributed by atoms with E-state index in [4.69, 9.17) is 0 Å². The lowest BCUT2D eigenvalue weighted by Crippen LogP contribution is -2.37. The van der Waals surface area contributed by atoms with Crippen molar-refractivity contribution in [3.8, 4) is 0 Å². The van der Waals surface area contributed by atoms with Gasteiger partial charge in [-0.25, -0.2) is 17.6 Å². The number of methoxy groups -OCH3 is 1. The summed E-state index contributed by atoms with van der Waals surface area (Å²) in [5.41, 5.74) is 0.610. The number of hydrogen-bond donors (Lipinski definition) is 2. The number of nitrogens with one attached hydrogen (secondary N) is 2. The van der Waals surface area contributed by atoms with E-state index in [1.54, 1.807) is 0 Å². The predicted molar refractivity (Wildman–Crippen MR) is 105 cm³/mol. The van der Waals surface area contributed by atoms with Crippen molar-refractivity contribution >= 4 is 39.0 Å². The van der Waals surface area contributed by atoms with Gasteiger partial charge >= 0.3 is 5.97 Å². The largest absolute Gasteiger partial charge is 0.465 e. The topological polar surface area (TPSA) is 119 Å². The molecule has 8 nitrogen and oxygen atoms in total. The molecule has 0 aliphatic carbocycles. The van der Waals surface area contributed by atoms with Crippen LogP contribution in [0.5, 0.6) is 0 Å². The Kier molecular flexibility index (Phi) is 7.05. The van der Waals surface area contributed by atoms with E-state index in [1.807, 2.05) is 0 Å². The number of carbonyl (C=O) groups is 3. The molecule has 29 heavy (non-hydrogen) atoms. The summed E-state index contributed by atoms with van der Waals surface area (Å²) in [4.78, 5) is 35.8. The molecule has 2 rings (SSSR count). The fourth-order valence-corrected chi connectivity index (χ4v) is 3.36.